The lowest BCUT2D eigenvalue weighted by Crippen LogP contribution is -2.32. The number of carbonyl (C=O) groups excluding carboxylic acids is 1. The van der Waals surface area contributed by atoms with Gasteiger partial charge < -0.3 is 16.0 Å². The van der Waals surface area contributed by atoms with Gasteiger partial charge in [-0.2, -0.15) is 0 Å². The van der Waals surface area contributed by atoms with Gasteiger partial charge >= 0.3 is 0 Å². The molecule has 0 heterocycles. The van der Waals surface area contributed by atoms with Crippen LogP contribution in [0.25, 0.3) is 0 Å². The van der Waals surface area contributed by atoms with E-state index in [-0.39, 0.29) is 5.91 Å². The summed E-state index contributed by atoms with van der Waals surface area (Å²) in [5.41, 5.74) is 7.08. The molecule has 0 radical (unpaired) electrons. The van der Waals surface area contributed by atoms with Gasteiger partial charge in [-0.3, -0.25) is 4.79 Å². The Morgan fingerprint density at radius 3 is 2.74 bits per heavy atom. The van der Waals surface area contributed by atoms with Crippen molar-refractivity contribution < 1.29 is 4.79 Å². The largest absolute Gasteiger partial charge is 0.397 e. The van der Waals surface area contributed by atoms with Crippen LogP contribution in [0.3, 0.4) is 0 Å². The number of nitrogens with one attached hydrogen (secondary N) is 1. The highest BCUT2D eigenvalue weighted by atomic mass is 16.1. The highest BCUT2D eigenvalue weighted by Gasteiger charge is 2.10. The number of amides is 1. The van der Waals surface area contributed by atoms with Crippen molar-refractivity contribution >= 4 is 17.3 Å². The van der Waals surface area contributed by atoms with Gasteiger partial charge in [-0.15, -0.1) is 0 Å². The van der Waals surface area contributed by atoms with Gasteiger partial charge in [-0.25, -0.2) is 0 Å². The van der Waals surface area contributed by atoms with E-state index < -0.39 is 0 Å². The van der Waals surface area contributed by atoms with Crippen LogP contribution in [0.5, 0.6) is 0 Å². The Labute approximate surface area is 116 Å². The molecule has 0 saturated heterocycles. The van der Waals surface area contributed by atoms with E-state index in [2.05, 4.69) is 31.1 Å². The van der Waals surface area contributed by atoms with E-state index in [1.165, 1.54) is 0 Å². The molecule has 4 heteroatoms. The summed E-state index contributed by atoms with van der Waals surface area (Å²) in [4.78, 5) is 14.1. The zero-order chi connectivity index (χ0) is 14.3. The quantitative estimate of drug-likeness (QED) is 0.744. The molecule has 0 aliphatic carbocycles. The van der Waals surface area contributed by atoms with Gasteiger partial charge in [0.2, 0.25) is 5.91 Å². The van der Waals surface area contributed by atoms with E-state index in [1.54, 1.807) is 6.07 Å². The molecule has 0 aliphatic rings. The summed E-state index contributed by atoms with van der Waals surface area (Å²) in [6, 6.07) is 7.83. The molecule has 0 bridgehead atoms. The molecule has 0 aliphatic heterocycles. The molecule has 0 spiro atoms. The Morgan fingerprint density at radius 1 is 1.42 bits per heavy atom. The van der Waals surface area contributed by atoms with Gasteiger partial charge in [0.05, 0.1) is 11.4 Å². The molecule has 4 nitrogen and oxygen atoms in total. The molecule has 1 unspecified atom stereocenters. The van der Waals surface area contributed by atoms with Gasteiger partial charge in [0.15, 0.2) is 0 Å². The number of hydrogen-bond donors (Lipinski definition) is 2. The van der Waals surface area contributed by atoms with Crippen molar-refractivity contribution in [1.82, 2.24) is 4.90 Å². The fourth-order valence-corrected chi connectivity index (χ4v) is 1.96. The molecule has 0 saturated carbocycles. The number of nitrogens with zero attached hydrogens (tertiary/aromatic N) is 1. The molecule has 0 fully saturated rings. The van der Waals surface area contributed by atoms with Crippen LogP contribution in [0, 0.1) is 0 Å². The summed E-state index contributed by atoms with van der Waals surface area (Å²) >= 11 is 0. The highest BCUT2D eigenvalue weighted by Crippen LogP contribution is 2.16. The minimum Gasteiger partial charge on any atom is -0.397 e. The lowest BCUT2D eigenvalue weighted by molar-refractivity contribution is -0.116. The maximum Gasteiger partial charge on any atom is 0.225 e. The van der Waals surface area contributed by atoms with Gasteiger partial charge in [0, 0.05) is 19.0 Å². The molecule has 1 aromatic carbocycles. The Morgan fingerprint density at radius 2 is 2.11 bits per heavy atom. The van der Waals surface area contributed by atoms with Gasteiger partial charge in [0.25, 0.3) is 0 Å². The van der Waals surface area contributed by atoms with Crippen molar-refractivity contribution in [3.05, 3.63) is 24.3 Å². The summed E-state index contributed by atoms with van der Waals surface area (Å²) < 4.78 is 0. The zero-order valence-electron chi connectivity index (χ0n) is 12.1. The fraction of sp³-hybridized carbons (Fsp3) is 0.533. The van der Waals surface area contributed by atoms with E-state index >= 15 is 0 Å². The van der Waals surface area contributed by atoms with Crippen molar-refractivity contribution in [3.8, 4) is 0 Å². The number of para-hydroxylation sites is 2. The number of hydrogen-bond acceptors (Lipinski definition) is 3. The van der Waals surface area contributed by atoms with Crippen LogP contribution in [0.1, 0.15) is 33.1 Å². The Kier molecular flexibility index (Phi) is 6.36. The number of anilines is 2. The topological polar surface area (TPSA) is 58.4 Å². The van der Waals surface area contributed by atoms with E-state index in [0.29, 0.717) is 23.8 Å². The van der Waals surface area contributed by atoms with Crippen LogP contribution >= 0.6 is 0 Å². The SMILES string of the molecule is CCCC(C)N(C)CCC(=O)Nc1ccccc1N. The van der Waals surface area contributed by atoms with E-state index in [9.17, 15) is 4.79 Å². The highest BCUT2D eigenvalue weighted by molar-refractivity contribution is 5.93. The maximum atomic E-state index is 11.9. The molecule has 3 N–H and O–H groups in total. The summed E-state index contributed by atoms with van der Waals surface area (Å²) in [5, 5.41) is 2.85. The summed E-state index contributed by atoms with van der Waals surface area (Å²) in [6.45, 7) is 5.13. The minimum atomic E-state index is 0.00782. The Hall–Kier alpha value is -1.55. The number of carbonyl (C=O) groups is 1. The first-order valence-electron chi connectivity index (χ1n) is 6.89. The maximum absolute atomic E-state index is 11.9. The van der Waals surface area contributed by atoms with Crippen LogP contribution in [0.15, 0.2) is 24.3 Å². The Bertz CT molecular complexity index is 406. The average Bonchev–Trinajstić information content (AvgIpc) is 2.39. The van der Waals surface area contributed by atoms with Crippen LogP contribution in [-0.2, 0) is 4.79 Å². The molecular weight excluding hydrogens is 238 g/mol. The molecule has 106 valence electrons. The lowest BCUT2D eigenvalue weighted by Gasteiger charge is -2.23. The Balaban J connectivity index is 2.38. The third-order valence-corrected chi connectivity index (χ3v) is 3.39. The third-order valence-electron chi connectivity index (χ3n) is 3.39. The van der Waals surface area contributed by atoms with Crippen LogP contribution in [-0.4, -0.2) is 30.4 Å². The average molecular weight is 263 g/mol. The molecule has 1 atom stereocenters. The number of rotatable bonds is 7. The number of nitrogen functional groups attached to an aromatic ring is 1. The normalized spacial score (nSPS) is 12.4. The van der Waals surface area contributed by atoms with Gasteiger partial charge in [-0.05, 0) is 32.5 Å². The summed E-state index contributed by atoms with van der Waals surface area (Å²) in [7, 11) is 2.06. The van der Waals surface area contributed by atoms with Crippen LogP contribution in [0.4, 0.5) is 11.4 Å². The summed E-state index contributed by atoms with van der Waals surface area (Å²) in [6.07, 6.45) is 2.81. The monoisotopic (exact) mass is 263 g/mol. The van der Waals surface area contributed by atoms with Crippen molar-refractivity contribution in [2.75, 3.05) is 24.6 Å². The standard InChI is InChI=1S/C15H25N3O/c1-4-7-12(2)18(3)11-10-15(19)17-14-9-6-5-8-13(14)16/h5-6,8-9,12H,4,7,10-11,16H2,1-3H3,(H,17,19). The zero-order valence-corrected chi connectivity index (χ0v) is 12.1. The molecule has 1 amide bonds. The van der Waals surface area contributed by atoms with E-state index in [0.717, 1.165) is 19.4 Å². The minimum absolute atomic E-state index is 0.00782. The second kappa shape index (κ2) is 7.79. The molecule has 0 aromatic heterocycles. The first kappa shape index (κ1) is 15.5. The van der Waals surface area contributed by atoms with Crippen molar-refractivity contribution in [3.63, 3.8) is 0 Å². The van der Waals surface area contributed by atoms with Crippen molar-refractivity contribution in [1.29, 1.82) is 0 Å². The lowest BCUT2D eigenvalue weighted by atomic mass is 10.1. The van der Waals surface area contributed by atoms with Crippen LogP contribution in [0.2, 0.25) is 0 Å². The van der Waals surface area contributed by atoms with E-state index in [4.69, 9.17) is 5.73 Å². The van der Waals surface area contributed by atoms with Gasteiger partial charge in [0.1, 0.15) is 0 Å². The first-order chi connectivity index (χ1) is 9.04. The molecule has 1 aromatic rings. The van der Waals surface area contributed by atoms with Crippen molar-refractivity contribution in [2.45, 2.75) is 39.2 Å². The molecule has 19 heavy (non-hydrogen) atoms. The predicted octanol–water partition coefficient (Wildman–Crippen LogP) is 2.72. The second-order valence-corrected chi connectivity index (χ2v) is 5.00. The molecular formula is C15H25N3O. The van der Waals surface area contributed by atoms with Gasteiger partial charge in [-0.1, -0.05) is 25.5 Å². The number of nitrogens with two attached hydrogens (primary N) is 1. The number of benzene rings is 1. The smallest absolute Gasteiger partial charge is 0.225 e. The molecule has 1 rings (SSSR count). The van der Waals surface area contributed by atoms with Crippen LogP contribution < -0.4 is 11.1 Å². The second-order valence-electron chi connectivity index (χ2n) is 5.00. The third kappa shape index (κ3) is 5.30. The fourth-order valence-electron chi connectivity index (χ4n) is 1.96. The van der Waals surface area contributed by atoms with E-state index in [1.807, 2.05) is 18.2 Å². The van der Waals surface area contributed by atoms with Crippen molar-refractivity contribution in [2.24, 2.45) is 0 Å². The first-order valence-corrected chi connectivity index (χ1v) is 6.89. The summed E-state index contributed by atoms with van der Waals surface area (Å²) in [5.74, 6) is 0.00782. The predicted molar refractivity (Wildman–Crippen MR) is 81.1 cm³/mol.